The van der Waals surface area contributed by atoms with Gasteiger partial charge in [0.25, 0.3) is 10.1 Å². The van der Waals surface area contributed by atoms with E-state index in [4.69, 9.17) is 4.28 Å². The van der Waals surface area contributed by atoms with Gasteiger partial charge in [0.1, 0.15) is 0 Å². The minimum Gasteiger partial charge on any atom is -0.338 e. The molecule has 0 unspecified atom stereocenters. The van der Waals surface area contributed by atoms with E-state index in [-0.39, 0.29) is 11.5 Å². The van der Waals surface area contributed by atoms with E-state index in [9.17, 15) is 13.2 Å². The van der Waals surface area contributed by atoms with Crippen LogP contribution in [0.2, 0.25) is 0 Å². The van der Waals surface area contributed by atoms with Gasteiger partial charge in [-0.3, -0.25) is 4.79 Å². The smallest absolute Gasteiger partial charge is 0.283 e. The van der Waals surface area contributed by atoms with Crippen molar-refractivity contribution in [2.75, 3.05) is 18.8 Å². The van der Waals surface area contributed by atoms with Crippen molar-refractivity contribution in [3.8, 4) is 0 Å². The van der Waals surface area contributed by atoms with Crippen molar-refractivity contribution in [3.63, 3.8) is 0 Å². The zero-order valence-corrected chi connectivity index (χ0v) is 18.2. The number of benzene rings is 1. The number of rotatable bonds is 7. The summed E-state index contributed by atoms with van der Waals surface area (Å²) in [5, 5.41) is 1.00. The number of hydrogen-bond acceptors (Lipinski definition) is 7. The maximum Gasteiger partial charge on any atom is 0.283 e. The topological polar surface area (TPSA) is 75.7 Å². The number of Topliss-reactive ketones (excluding diaryl/α,β-unsaturated/α-hetero) is 1. The lowest BCUT2D eigenvalue weighted by Crippen LogP contribution is -2.26. The zero-order valence-electron chi connectivity index (χ0n) is 16.6. The van der Waals surface area contributed by atoms with Crippen molar-refractivity contribution >= 4 is 27.7 Å². The van der Waals surface area contributed by atoms with Gasteiger partial charge < -0.3 is 4.90 Å². The van der Waals surface area contributed by atoms with Crippen molar-refractivity contribution < 1.29 is 17.5 Å². The van der Waals surface area contributed by atoms with Crippen LogP contribution >= 0.6 is 11.8 Å². The van der Waals surface area contributed by atoms with E-state index < -0.39 is 10.1 Å². The summed E-state index contributed by atoms with van der Waals surface area (Å²) in [4.78, 5) is 16.6. The molecule has 1 aromatic rings. The minimum atomic E-state index is -3.60. The number of fused-ring (bicyclic) bond motifs is 1. The first-order valence-electron chi connectivity index (χ1n) is 10.2. The highest BCUT2D eigenvalue weighted by molar-refractivity contribution is 8.07. The molecule has 0 bridgehead atoms. The minimum absolute atomic E-state index is 0.0550. The van der Waals surface area contributed by atoms with Crippen LogP contribution in [-0.2, 0) is 20.8 Å². The van der Waals surface area contributed by atoms with Crippen LogP contribution in [0, 0.1) is 0 Å². The number of carbonyl (C=O) groups excluding carboxylic acids is 1. The second-order valence-corrected chi connectivity index (χ2v) is 10.2. The summed E-state index contributed by atoms with van der Waals surface area (Å²) in [5.41, 5.74) is 6.40. The van der Waals surface area contributed by atoms with Crippen molar-refractivity contribution in [1.82, 2.24) is 10.4 Å². The van der Waals surface area contributed by atoms with Crippen LogP contribution in [0.5, 0.6) is 0 Å². The molecule has 1 N–H and O–H groups in total. The number of nitrogens with zero attached hydrogens (tertiary/aromatic N) is 1. The van der Waals surface area contributed by atoms with Crippen molar-refractivity contribution in [2.45, 2.75) is 45.4 Å². The second kappa shape index (κ2) is 8.63. The predicted molar refractivity (Wildman–Crippen MR) is 114 cm³/mol. The van der Waals surface area contributed by atoms with Crippen LogP contribution < -0.4 is 5.48 Å². The van der Waals surface area contributed by atoms with E-state index in [1.54, 1.807) is 18.7 Å². The molecule has 156 valence electrons. The van der Waals surface area contributed by atoms with E-state index >= 15 is 0 Å². The number of nitrogens with one attached hydrogen (secondary N) is 1. The summed E-state index contributed by atoms with van der Waals surface area (Å²) >= 11 is 1.72. The van der Waals surface area contributed by atoms with Gasteiger partial charge in [-0.1, -0.05) is 43.0 Å². The maximum absolute atomic E-state index is 13.0. The Labute approximate surface area is 176 Å². The van der Waals surface area contributed by atoms with Gasteiger partial charge in [-0.25, -0.2) is 0 Å². The monoisotopic (exact) mass is 434 g/mol. The Bertz CT molecular complexity index is 982. The van der Waals surface area contributed by atoms with Gasteiger partial charge in [-0.15, -0.1) is 0 Å². The lowest BCUT2D eigenvalue weighted by atomic mass is 10.0. The zero-order chi connectivity index (χ0) is 20.4. The fraction of sp³-hybridized carbons (Fsp3) is 0.476. The van der Waals surface area contributed by atoms with Gasteiger partial charge in [0, 0.05) is 41.2 Å². The summed E-state index contributed by atoms with van der Waals surface area (Å²) in [6, 6.07) is 7.79. The van der Waals surface area contributed by atoms with Gasteiger partial charge in [0.05, 0.1) is 10.8 Å². The molecule has 1 heterocycles. The second-order valence-electron chi connectivity index (χ2n) is 7.47. The summed E-state index contributed by atoms with van der Waals surface area (Å²) in [6.07, 6.45) is 5.42. The Morgan fingerprint density at radius 2 is 2.00 bits per heavy atom. The Hall–Kier alpha value is -1.61. The fourth-order valence-electron chi connectivity index (χ4n) is 4.10. The molecule has 0 aromatic heterocycles. The van der Waals surface area contributed by atoms with Crippen LogP contribution in [-0.4, -0.2) is 37.9 Å². The van der Waals surface area contributed by atoms with Crippen LogP contribution in [0.3, 0.4) is 0 Å². The summed E-state index contributed by atoms with van der Waals surface area (Å²) in [5.74, 6) is 0.0525. The van der Waals surface area contributed by atoms with Crippen molar-refractivity contribution in [2.24, 2.45) is 0 Å². The van der Waals surface area contributed by atoms with Gasteiger partial charge in [-0.2, -0.15) is 18.2 Å². The molecular weight excluding hydrogens is 408 g/mol. The largest absolute Gasteiger partial charge is 0.338 e. The number of carbonyl (C=O) groups is 1. The highest BCUT2D eigenvalue weighted by Crippen LogP contribution is 2.50. The first kappa shape index (κ1) is 20.7. The molecule has 0 saturated heterocycles. The number of ketones is 1. The van der Waals surface area contributed by atoms with E-state index in [0.717, 1.165) is 41.0 Å². The third-order valence-electron chi connectivity index (χ3n) is 5.45. The Morgan fingerprint density at radius 3 is 2.79 bits per heavy atom. The van der Waals surface area contributed by atoms with Crippen LogP contribution in [0.25, 0.3) is 0 Å². The molecule has 1 aliphatic heterocycles. The molecule has 1 aromatic carbocycles. The average molecular weight is 435 g/mol. The van der Waals surface area contributed by atoms with E-state index in [1.165, 1.54) is 17.0 Å². The number of thioether (sulfide) groups is 1. The molecule has 4 rings (SSSR count). The highest BCUT2D eigenvalue weighted by atomic mass is 32.2. The molecular formula is C21H26N2O4S2. The SMILES string of the molecule is CCNOS(=O)(=O)CCCN1C2=C(CCCC2)SC1=C1Cc2ccccc2C1=O. The van der Waals surface area contributed by atoms with E-state index in [0.29, 0.717) is 25.9 Å². The van der Waals surface area contributed by atoms with Crippen LogP contribution in [0.15, 0.2) is 45.5 Å². The van der Waals surface area contributed by atoms with Gasteiger partial charge in [0.15, 0.2) is 5.78 Å². The highest BCUT2D eigenvalue weighted by Gasteiger charge is 2.36. The number of allylic oxidation sites excluding steroid dienone is 3. The molecule has 0 spiro atoms. The molecule has 8 heteroatoms. The van der Waals surface area contributed by atoms with Gasteiger partial charge in [0.2, 0.25) is 0 Å². The first-order chi connectivity index (χ1) is 14.0. The first-order valence-corrected chi connectivity index (χ1v) is 12.6. The van der Waals surface area contributed by atoms with Crippen LogP contribution in [0.4, 0.5) is 0 Å². The predicted octanol–water partition coefficient (Wildman–Crippen LogP) is 3.73. The van der Waals surface area contributed by atoms with Gasteiger partial charge in [-0.05, 0) is 37.7 Å². The number of hydroxylamine groups is 1. The fourth-order valence-corrected chi connectivity index (χ4v) is 6.38. The Balaban J connectivity index is 1.56. The molecule has 0 atom stereocenters. The maximum atomic E-state index is 13.0. The molecule has 0 amide bonds. The summed E-state index contributed by atoms with van der Waals surface area (Å²) in [7, 11) is -3.60. The molecule has 29 heavy (non-hydrogen) atoms. The summed E-state index contributed by atoms with van der Waals surface area (Å²) in [6.45, 7) is 2.78. The molecule has 0 saturated carbocycles. The quantitative estimate of drug-likeness (QED) is 0.518. The van der Waals surface area contributed by atoms with Crippen molar-refractivity contribution in [1.29, 1.82) is 0 Å². The van der Waals surface area contributed by atoms with E-state index in [2.05, 4.69) is 10.4 Å². The van der Waals surface area contributed by atoms with Gasteiger partial charge >= 0.3 is 0 Å². The lowest BCUT2D eigenvalue weighted by molar-refractivity contribution is 0.103. The third kappa shape index (κ3) is 4.30. The number of hydrogen-bond donors (Lipinski definition) is 1. The molecule has 6 nitrogen and oxygen atoms in total. The molecule has 0 radical (unpaired) electrons. The normalized spacial score (nSPS) is 21.7. The lowest BCUT2D eigenvalue weighted by Gasteiger charge is -2.26. The summed E-state index contributed by atoms with van der Waals surface area (Å²) < 4.78 is 28.8. The molecule has 2 aliphatic carbocycles. The average Bonchev–Trinajstić information content (AvgIpc) is 3.25. The standard InChI is InChI=1S/C21H26N2O4S2/c1-2-22-27-29(25,26)13-7-12-23-18-10-5-6-11-19(18)28-21(23)17-14-15-8-3-4-9-16(15)20(17)24/h3-4,8-9,22H,2,5-7,10-14H2,1H3. The Morgan fingerprint density at radius 1 is 1.21 bits per heavy atom. The third-order valence-corrected chi connectivity index (χ3v) is 7.95. The Kier molecular flexibility index (Phi) is 6.15. The van der Waals surface area contributed by atoms with Crippen molar-refractivity contribution in [3.05, 3.63) is 56.6 Å². The van der Waals surface area contributed by atoms with E-state index in [1.807, 2.05) is 24.3 Å². The molecule has 0 fully saturated rings. The molecule has 3 aliphatic rings. The van der Waals surface area contributed by atoms with Crippen LogP contribution in [0.1, 0.15) is 54.9 Å².